The number of amides is 2. The summed E-state index contributed by atoms with van der Waals surface area (Å²) < 4.78 is 13.7. The first-order chi connectivity index (χ1) is 9.18. The highest BCUT2D eigenvalue weighted by Gasteiger charge is 2.21. The highest BCUT2D eigenvalue weighted by molar-refractivity contribution is 9.10. The predicted molar refractivity (Wildman–Crippen MR) is 81.2 cm³/mol. The molecule has 0 heterocycles. The molecule has 1 aromatic carbocycles. The maximum absolute atomic E-state index is 13.2. The topological polar surface area (TPSA) is 61.4 Å². The molecule has 0 aliphatic heterocycles. The summed E-state index contributed by atoms with van der Waals surface area (Å²) in [5, 5.41) is 14.7. The van der Waals surface area contributed by atoms with Gasteiger partial charge in [-0.1, -0.05) is 29.8 Å². The van der Waals surface area contributed by atoms with Gasteiger partial charge >= 0.3 is 6.03 Å². The van der Waals surface area contributed by atoms with Crippen LogP contribution in [0.4, 0.5) is 14.9 Å². The highest BCUT2D eigenvalue weighted by atomic mass is 79.9. The quantitative estimate of drug-likeness (QED) is 0.763. The summed E-state index contributed by atoms with van der Waals surface area (Å²) in [5.41, 5.74) is 0.163. The van der Waals surface area contributed by atoms with Crippen molar-refractivity contribution in [2.75, 3.05) is 11.9 Å². The van der Waals surface area contributed by atoms with Crippen molar-refractivity contribution in [1.29, 1.82) is 0 Å². The third-order valence-corrected chi connectivity index (χ3v) is 3.15. The van der Waals surface area contributed by atoms with Crippen LogP contribution in [-0.2, 0) is 0 Å². The largest absolute Gasteiger partial charge is 0.393 e. The molecule has 20 heavy (non-hydrogen) atoms. The van der Waals surface area contributed by atoms with Gasteiger partial charge < -0.3 is 15.7 Å². The minimum atomic E-state index is -0.427. The lowest BCUT2D eigenvalue weighted by molar-refractivity contribution is 0.129. The van der Waals surface area contributed by atoms with E-state index in [1.165, 1.54) is 12.1 Å². The van der Waals surface area contributed by atoms with Gasteiger partial charge in [0.2, 0.25) is 0 Å². The Morgan fingerprint density at radius 2 is 2.10 bits per heavy atom. The fourth-order valence-electron chi connectivity index (χ4n) is 1.99. The highest BCUT2D eigenvalue weighted by Crippen LogP contribution is 2.21. The van der Waals surface area contributed by atoms with Gasteiger partial charge in [-0.2, -0.15) is 0 Å². The molecule has 112 valence electrons. The van der Waals surface area contributed by atoms with Gasteiger partial charge in [0.05, 0.1) is 6.10 Å². The Bertz CT molecular complexity index is 458. The molecule has 1 rings (SSSR count). The van der Waals surface area contributed by atoms with Gasteiger partial charge in [0, 0.05) is 16.7 Å². The Morgan fingerprint density at radius 1 is 1.45 bits per heavy atom. The van der Waals surface area contributed by atoms with Crippen LogP contribution in [0.15, 0.2) is 22.7 Å². The molecule has 0 spiro atoms. The van der Waals surface area contributed by atoms with Gasteiger partial charge in [-0.05, 0) is 37.0 Å². The predicted octanol–water partition coefficient (Wildman–Crippen LogP) is 3.51. The van der Waals surface area contributed by atoms with E-state index in [2.05, 4.69) is 26.6 Å². The van der Waals surface area contributed by atoms with Crippen molar-refractivity contribution < 1.29 is 14.3 Å². The molecule has 0 saturated heterocycles. The second-order valence-electron chi connectivity index (χ2n) is 5.68. The first-order valence-electron chi connectivity index (χ1n) is 6.37. The standard InChI is InChI=1S/C14H20BrFN2O2/c1-9(19)7-14(2,3)8-17-13(20)18-12-5-10(15)4-11(16)6-12/h4-6,9,19H,7-8H2,1-3H3,(H2,17,18,20). The lowest BCUT2D eigenvalue weighted by atomic mass is 9.87. The summed E-state index contributed by atoms with van der Waals surface area (Å²) >= 11 is 3.16. The number of carbonyl (C=O) groups excluding carboxylic acids is 1. The Labute approximate surface area is 126 Å². The molecule has 0 bridgehead atoms. The van der Waals surface area contributed by atoms with Gasteiger partial charge in [-0.15, -0.1) is 0 Å². The summed E-state index contributed by atoms with van der Waals surface area (Å²) in [5.74, 6) is -0.427. The molecular weight excluding hydrogens is 327 g/mol. The number of hydrogen-bond donors (Lipinski definition) is 3. The van der Waals surface area contributed by atoms with Crippen LogP contribution in [0.1, 0.15) is 27.2 Å². The van der Waals surface area contributed by atoms with E-state index in [1.807, 2.05) is 13.8 Å². The van der Waals surface area contributed by atoms with E-state index in [0.29, 0.717) is 23.1 Å². The van der Waals surface area contributed by atoms with Gasteiger partial charge in [-0.3, -0.25) is 0 Å². The molecule has 1 unspecified atom stereocenters. The van der Waals surface area contributed by atoms with Crippen LogP contribution in [0.3, 0.4) is 0 Å². The number of rotatable bonds is 5. The third-order valence-electron chi connectivity index (χ3n) is 2.70. The summed E-state index contributed by atoms with van der Waals surface area (Å²) in [7, 11) is 0. The number of hydrogen-bond acceptors (Lipinski definition) is 2. The van der Waals surface area contributed by atoms with E-state index in [4.69, 9.17) is 0 Å². The lowest BCUT2D eigenvalue weighted by Gasteiger charge is -2.26. The maximum Gasteiger partial charge on any atom is 0.319 e. The number of urea groups is 1. The number of aliphatic hydroxyl groups is 1. The van der Waals surface area contributed by atoms with Crippen molar-refractivity contribution in [3.05, 3.63) is 28.5 Å². The van der Waals surface area contributed by atoms with E-state index in [1.54, 1.807) is 13.0 Å². The zero-order valence-electron chi connectivity index (χ0n) is 11.8. The molecule has 0 saturated carbocycles. The van der Waals surface area contributed by atoms with Crippen LogP contribution in [0.25, 0.3) is 0 Å². The van der Waals surface area contributed by atoms with Crippen LogP contribution in [-0.4, -0.2) is 23.8 Å². The van der Waals surface area contributed by atoms with Crippen molar-refractivity contribution in [2.24, 2.45) is 5.41 Å². The zero-order chi connectivity index (χ0) is 15.3. The normalized spacial score (nSPS) is 12.9. The third kappa shape index (κ3) is 6.34. The molecule has 0 aliphatic carbocycles. The van der Waals surface area contributed by atoms with Crippen molar-refractivity contribution in [3.8, 4) is 0 Å². The zero-order valence-corrected chi connectivity index (χ0v) is 13.4. The van der Waals surface area contributed by atoms with Crippen LogP contribution in [0, 0.1) is 11.2 Å². The Balaban J connectivity index is 2.51. The molecule has 6 heteroatoms. The molecule has 0 aliphatic rings. The molecule has 3 N–H and O–H groups in total. The van der Waals surface area contributed by atoms with Crippen LogP contribution < -0.4 is 10.6 Å². The molecule has 2 amide bonds. The van der Waals surface area contributed by atoms with E-state index < -0.39 is 18.0 Å². The number of aliphatic hydroxyl groups excluding tert-OH is 1. The molecular formula is C14H20BrFN2O2. The number of carbonyl (C=O) groups is 1. The van der Waals surface area contributed by atoms with E-state index in [-0.39, 0.29) is 5.41 Å². The summed E-state index contributed by atoms with van der Waals surface area (Å²) in [6.45, 7) is 6.05. The van der Waals surface area contributed by atoms with Crippen molar-refractivity contribution in [3.63, 3.8) is 0 Å². The van der Waals surface area contributed by atoms with Gasteiger partial charge in [0.15, 0.2) is 0 Å². The van der Waals surface area contributed by atoms with Crippen molar-refractivity contribution in [1.82, 2.24) is 5.32 Å². The minimum absolute atomic E-state index is 0.214. The smallest absolute Gasteiger partial charge is 0.319 e. The average molecular weight is 347 g/mol. The van der Waals surface area contributed by atoms with Crippen LogP contribution >= 0.6 is 15.9 Å². The Morgan fingerprint density at radius 3 is 2.65 bits per heavy atom. The second kappa shape index (κ2) is 7.04. The monoisotopic (exact) mass is 346 g/mol. The Hall–Kier alpha value is -1.14. The molecule has 1 atom stereocenters. The van der Waals surface area contributed by atoms with Gasteiger partial charge in [0.1, 0.15) is 5.82 Å². The molecule has 4 nitrogen and oxygen atoms in total. The lowest BCUT2D eigenvalue weighted by Crippen LogP contribution is -2.38. The molecule has 1 aromatic rings. The fourth-order valence-corrected chi connectivity index (χ4v) is 2.46. The minimum Gasteiger partial charge on any atom is -0.393 e. The number of benzene rings is 1. The number of halogens is 2. The van der Waals surface area contributed by atoms with E-state index in [0.717, 1.165) is 0 Å². The summed E-state index contributed by atoms with van der Waals surface area (Å²) in [6, 6.07) is 3.77. The molecule has 0 radical (unpaired) electrons. The number of anilines is 1. The molecule has 0 aromatic heterocycles. The number of nitrogens with one attached hydrogen (secondary N) is 2. The second-order valence-corrected chi connectivity index (χ2v) is 6.60. The van der Waals surface area contributed by atoms with Gasteiger partial charge in [-0.25, -0.2) is 9.18 Å². The van der Waals surface area contributed by atoms with Crippen LogP contribution in [0.5, 0.6) is 0 Å². The van der Waals surface area contributed by atoms with Gasteiger partial charge in [0.25, 0.3) is 0 Å². The van der Waals surface area contributed by atoms with E-state index >= 15 is 0 Å². The average Bonchev–Trinajstić information content (AvgIpc) is 2.23. The van der Waals surface area contributed by atoms with Crippen molar-refractivity contribution >= 4 is 27.6 Å². The summed E-state index contributed by atoms with van der Waals surface area (Å²) in [6.07, 6.45) is 0.160. The molecule has 0 fully saturated rings. The van der Waals surface area contributed by atoms with Crippen LogP contribution in [0.2, 0.25) is 0 Å². The van der Waals surface area contributed by atoms with Crippen molar-refractivity contribution in [2.45, 2.75) is 33.3 Å². The SMILES string of the molecule is CC(O)CC(C)(C)CNC(=O)Nc1cc(F)cc(Br)c1. The Kier molecular flexibility index (Phi) is 5.95. The summed E-state index contributed by atoms with van der Waals surface area (Å²) in [4.78, 5) is 11.7. The maximum atomic E-state index is 13.2. The first kappa shape index (κ1) is 16.9. The first-order valence-corrected chi connectivity index (χ1v) is 7.16. The fraction of sp³-hybridized carbons (Fsp3) is 0.500. The van der Waals surface area contributed by atoms with E-state index in [9.17, 15) is 14.3 Å².